The Bertz CT molecular complexity index is 1030. The van der Waals surface area contributed by atoms with E-state index >= 15 is 0 Å². The predicted molar refractivity (Wildman–Crippen MR) is 119 cm³/mol. The second kappa shape index (κ2) is 9.19. The molecular weight excluding hydrogens is 378 g/mol. The molecule has 3 aromatic rings. The normalized spacial score (nSPS) is 13.5. The fourth-order valence-electron chi connectivity index (χ4n) is 3.28. The smallest absolute Gasteiger partial charge is 0.247 e. The molecule has 0 saturated carbocycles. The highest BCUT2D eigenvalue weighted by Crippen LogP contribution is 2.29. The quantitative estimate of drug-likeness (QED) is 0.611. The first kappa shape index (κ1) is 19.6. The summed E-state index contributed by atoms with van der Waals surface area (Å²) in [7, 11) is 0. The van der Waals surface area contributed by atoms with Crippen LogP contribution < -0.4 is 15.5 Å². The van der Waals surface area contributed by atoms with E-state index in [2.05, 4.69) is 38.1 Å². The van der Waals surface area contributed by atoms with Gasteiger partial charge in [0.15, 0.2) is 0 Å². The van der Waals surface area contributed by atoms with Gasteiger partial charge in [-0.15, -0.1) is 0 Å². The second-order valence-corrected chi connectivity index (χ2v) is 6.78. The molecule has 1 amide bonds. The minimum atomic E-state index is -0.241. The fraction of sp³-hybridized carbons (Fsp3) is 0.174. The molecule has 2 heterocycles. The summed E-state index contributed by atoms with van der Waals surface area (Å²) >= 11 is 0. The van der Waals surface area contributed by atoms with Gasteiger partial charge in [-0.25, -0.2) is 9.97 Å². The maximum absolute atomic E-state index is 11.4. The number of morpholine rings is 1. The van der Waals surface area contributed by atoms with Gasteiger partial charge >= 0.3 is 0 Å². The molecule has 0 radical (unpaired) electrons. The number of ether oxygens (including phenoxy) is 1. The third-order valence-corrected chi connectivity index (χ3v) is 4.79. The topological polar surface area (TPSA) is 79.4 Å². The van der Waals surface area contributed by atoms with Crippen LogP contribution in [0.1, 0.15) is 0 Å². The summed E-state index contributed by atoms with van der Waals surface area (Å²) in [6, 6.07) is 17.5. The number of hydrogen-bond donors (Lipinski definition) is 2. The highest BCUT2D eigenvalue weighted by atomic mass is 16.5. The molecule has 1 saturated heterocycles. The van der Waals surface area contributed by atoms with Gasteiger partial charge in [0.05, 0.1) is 30.3 Å². The lowest BCUT2D eigenvalue weighted by Crippen LogP contribution is -2.36. The van der Waals surface area contributed by atoms with Crippen molar-refractivity contribution in [2.75, 3.05) is 41.8 Å². The molecule has 1 aromatic heterocycles. The Balaban J connectivity index is 1.53. The zero-order valence-electron chi connectivity index (χ0n) is 16.5. The Hall–Kier alpha value is -3.71. The molecular formula is C23H23N5O2. The van der Waals surface area contributed by atoms with Gasteiger partial charge in [0.25, 0.3) is 0 Å². The van der Waals surface area contributed by atoms with Crippen LogP contribution in [0.4, 0.5) is 23.0 Å². The van der Waals surface area contributed by atoms with Crippen LogP contribution in [0, 0.1) is 0 Å². The Morgan fingerprint density at radius 3 is 2.60 bits per heavy atom. The van der Waals surface area contributed by atoms with E-state index in [9.17, 15) is 4.79 Å². The number of carbonyl (C=O) groups excluding carboxylic acids is 1. The number of nitrogens with zero attached hydrogens (tertiary/aromatic N) is 3. The molecule has 30 heavy (non-hydrogen) atoms. The largest absolute Gasteiger partial charge is 0.378 e. The van der Waals surface area contributed by atoms with E-state index in [4.69, 9.17) is 4.74 Å². The van der Waals surface area contributed by atoms with Gasteiger partial charge in [-0.3, -0.25) is 4.79 Å². The van der Waals surface area contributed by atoms with Crippen molar-refractivity contribution in [3.05, 3.63) is 73.4 Å². The number of carbonyl (C=O) groups is 1. The summed E-state index contributed by atoms with van der Waals surface area (Å²) < 4.78 is 5.47. The summed E-state index contributed by atoms with van der Waals surface area (Å²) in [5.41, 5.74) is 4.49. The number of para-hydroxylation sites is 2. The lowest BCUT2D eigenvalue weighted by molar-refractivity contribution is -0.111. The van der Waals surface area contributed by atoms with Crippen molar-refractivity contribution in [3.63, 3.8) is 0 Å². The molecule has 0 aliphatic carbocycles. The van der Waals surface area contributed by atoms with Crippen LogP contribution in [0.25, 0.3) is 11.3 Å². The number of anilines is 4. The van der Waals surface area contributed by atoms with E-state index in [0.29, 0.717) is 11.6 Å². The third kappa shape index (κ3) is 4.64. The lowest BCUT2D eigenvalue weighted by Gasteiger charge is -2.30. The summed E-state index contributed by atoms with van der Waals surface area (Å²) in [4.78, 5) is 22.8. The molecule has 1 aliphatic rings. The highest BCUT2D eigenvalue weighted by Gasteiger charge is 2.15. The van der Waals surface area contributed by atoms with Gasteiger partial charge in [0.2, 0.25) is 11.9 Å². The van der Waals surface area contributed by atoms with Crippen molar-refractivity contribution in [1.29, 1.82) is 0 Å². The van der Waals surface area contributed by atoms with Crippen LogP contribution in [0.3, 0.4) is 0 Å². The Kier molecular flexibility index (Phi) is 6.01. The molecule has 2 N–H and O–H groups in total. The number of nitrogens with one attached hydrogen (secondary N) is 2. The predicted octanol–water partition coefficient (Wildman–Crippen LogP) is 3.85. The Morgan fingerprint density at radius 2 is 1.83 bits per heavy atom. The van der Waals surface area contributed by atoms with Crippen LogP contribution in [-0.2, 0) is 9.53 Å². The number of hydrogen-bond acceptors (Lipinski definition) is 6. The zero-order chi connectivity index (χ0) is 20.8. The van der Waals surface area contributed by atoms with E-state index in [1.165, 1.54) is 6.08 Å². The van der Waals surface area contributed by atoms with E-state index < -0.39 is 0 Å². The molecule has 152 valence electrons. The molecule has 0 spiro atoms. The van der Waals surface area contributed by atoms with Gasteiger partial charge < -0.3 is 20.3 Å². The highest BCUT2D eigenvalue weighted by molar-refractivity contribution is 5.98. The molecule has 1 fully saturated rings. The summed E-state index contributed by atoms with van der Waals surface area (Å²) in [6.45, 7) is 6.62. The number of amides is 1. The first-order valence-corrected chi connectivity index (χ1v) is 9.78. The van der Waals surface area contributed by atoms with Gasteiger partial charge in [0, 0.05) is 30.5 Å². The van der Waals surface area contributed by atoms with Crippen molar-refractivity contribution in [2.24, 2.45) is 0 Å². The number of aromatic nitrogens is 2. The monoisotopic (exact) mass is 401 g/mol. The van der Waals surface area contributed by atoms with E-state index in [0.717, 1.165) is 48.9 Å². The summed E-state index contributed by atoms with van der Waals surface area (Å²) in [6.07, 6.45) is 2.97. The van der Waals surface area contributed by atoms with Crippen LogP contribution in [0.15, 0.2) is 73.4 Å². The van der Waals surface area contributed by atoms with Gasteiger partial charge in [-0.05, 0) is 36.4 Å². The van der Waals surface area contributed by atoms with Crippen molar-refractivity contribution in [2.45, 2.75) is 0 Å². The minimum absolute atomic E-state index is 0.241. The average molecular weight is 401 g/mol. The van der Waals surface area contributed by atoms with Crippen molar-refractivity contribution in [1.82, 2.24) is 9.97 Å². The Labute approximate surface area is 175 Å². The maximum atomic E-state index is 11.4. The van der Waals surface area contributed by atoms with Crippen LogP contribution in [0.5, 0.6) is 0 Å². The van der Waals surface area contributed by atoms with Crippen LogP contribution >= 0.6 is 0 Å². The number of benzene rings is 2. The van der Waals surface area contributed by atoms with E-state index in [1.54, 1.807) is 6.20 Å². The van der Waals surface area contributed by atoms with Gasteiger partial charge in [0.1, 0.15) is 0 Å². The standard InChI is InChI=1S/C23H23N5O2/c1-2-22(29)25-18-9-7-17(8-10-18)19-11-12-24-23(26-19)27-20-5-3-4-6-21(20)28-13-15-30-16-14-28/h2-12H,1,13-16H2,(H,25,29)(H,24,26,27). The summed E-state index contributed by atoms with van der Waals surface area (Å²) in [5, 5.41) is 6.09. The Morgan fingerprint density at radius 1 is 1.07 bits per heavy atom. The van der Waals surface area contributed by atoms with E-state index in [-0.39, 0.29) is 5.91 Å². The second-order valence-electron chi connectivity index (χ2n) is 6.78. The van der Waals surface area contributed by atoms with Crippen LogP contribution in [0.2, 0.25) is 0 Å². The molecule has 0 atom stereocenters. The molecule has 2 aromatic carbocycles. The van der Waals surface area contributed by atoms with Crippen molar-refractivity contribution >= 4 is 28.9 Å². The van der Waals surface area contributed by atoms with Gasteiger partial charge in [-0.2, -0.15) is 0 Å². The molecule has 1 aliphatic heterocycles. The summed E-state index contributed by atoms with van der Waals surface area (Å²) in [5.74, 6) is 0.285. The van der Waals surface area contributed by atoms with Gasteiger partial charge in [-0.1, -0.05) is 30.8 Å². The first-order valence-electron chi connectivity index (χ1n) is 9.78. The molecule has 0 unspecified atom stereocenters. The maximum Gasteiger partial charge on any atom is 0.247 e. The minimum Gasteiger partial charge on any atom is -0.378 e. The van der Waals surface area contributed by atoms with Crippen LogP contribution in [-0.4, -0.2) is 42.2 Å². The molecule has 4 rings (SSSR count). The first-order chi connectivity index (χ1) is 14.7. The number of rotatable bonds is 6. The van der Waals surface area contributed by atoms with E-state index in [1.807, 2.05) is 48.5 Å². The lowest BCUT2D eigenvalue weighted by atomic mass is 10.1. The average Bonchev–Trinajstić information content (AvgIpc) is 2.80. The zero-order valence-corrected chi connectivity index (χ0v) is 16.5. The van der Waals surface area contributed by atoms with Crippen molar-refractivity contribution in [3.8, 4) is 11.3 Å². The third-order valence-electron chi connectivity index (χ3n) is 4.79. The molecule has 7 nitrogen and oxygen atoms in total. The fourth-order valence-corrected chi connectivity index (χ4v) is 3.28. The van der Waals surface area contributed by atoms with Crippen molar-refractivity contribution < 1.29 is 9.53 Å². The SMILES string of the molecule is C=CC(=O)Nc1ccc(-c2ccnc(Nc3ccccc3N3CCOCC3)n2)cc1. The molecule has 7 heteroatoms. The molecule has 0 bridgehead atoms.